The number of esters is 4. The number of benzene rings is 2. The van der Waals surface area contributed by atoms with Gasteiger partial charge in [-0.2, -0.15) is 0 Å². The van der Waals surface area contributed by atoms with Gasteiger partial charge in [0.25, 0.3) is 0 Å². The molecule has 16 nitrogen and oxygen atoms in total. The van der Waals surface area contributed by atoms with Crippen LogP contribution in [0.5, 0.6) is 11.5 Å². The molecule has 5 saturated heterocycles. The van der Waals surface area contributed by atoms with Crippen LogP contribution < -0.4 is 19.3 Å². The second-order valence-electron chi connectivity index (χ2n) is 20.6. The molecule has 16 heteroatoms. The lowest BCUT2D eigenvalue weighted by Crippen LogP contribution is -2.80. The van der Waals surface area contributed by atoms with Crippen molar-refractivity contribution in [3.63, 3.8) is 0 Å². The fourth-order valence-corrected chi connectivity index (χ4v) is 17.7. The van der Waals surface area contributed by atoms with Crippen LogP contribution in [0.4, 0.5) is 11.4 Å². The molecule has 66 heavy (non-hydrogen) atoms. The number of carbonyl (C=O) groups excluding carboxylic acids is 4. The lowest BCUT2D eigenvalue weighted by Gasteiger charge is -2.63. The van der Waals surface area contributed by atoms with Crippen LogP contribution in [0.2, 0.25) is 0 Å². The molecule has 0 amide bonds. The molecule has 4 bridgehead atoms. The number of piperidine rings is 1. The quantitative estimate of drug-likeness (QED) is 0.266. The molecule has 7 fully saturated rings. The normalized spacial score (nSPS) is 43.1. The highest BCUT2D eigenvalue weighted by Gasteiger charge is 2.91. The summed E-state index contributed by atoms with van der Waals surface area (Å²) in [6.07, 6.45) is 1.96. The van der Waals surface area contributed by atoms with E-state index in [1.807, 2.05) is 38.4 Å². The second-order valence-corrected chi connectivity index (χ2v) is 20.6. The van der Waals surface area contributed by atoms with Crippen molar-refractivity contribution in [1.82, 2.24) is 9.80 Å². The predicted octanol–water partition coefficient (Wildman–Crippen LogP) is 3.64. The van der Waals surface area contributed by atoms with E-state index >= 15 is 4.79 Å². The van der Waals surface area contributed by atoms with Crippen molar-refractivity contribution in [3.05, 3.63) is 59.3 Å². The van der Waals surface area contributed by atoms with E-state index in [0.29, 0.717) is 56.7 Å². The summed E-state index contributed by atoms with van der Waals surface area (Å²) in [5.74, 6) is -0.767. The van der Waals surface area contributed by atoms with Crippen molar-refractivity contribution in [3.8, 4) is 11.5 Å². The van der Waals surface area contributed by atoms with E-state index in [-0.39, 0.29) is 18.1 Å². The third kappa shape index (κ3) is 4.20. The average molecular weight is 909 g/mol. The summed E-state index contributed by atoms with van der Waals surface area (Å²) in [6, 6.07) is 10.2. The van der Waals surface area contributed by atoms with Gasteiger partial charge in [-0.3, -0.25) is 14.5 Å². The minimum atomic E-state index is -1.74. The zero-order valence-electron chi connectivity index (χ0n) is 39.4. The standard InChI is InChI=1S/C50H60N4O12/c1-11-45-35-23-32(54-20-18-48(38(45)54)31-16-14-28(60-8)22-34(31)52(6)40(48)49(65-35,43(57)61-9)41(45)63-25(3)55)29-24-53-19-17-47-30-15-13-27(59-7)21-33(30)51(5)39(47)50(44(58)62-10)42(64-26(4)56)46(12-2,37(47)53)36(29)66-50/h13-16,21-22,24,32,35-42H,11-12,17-20,23H2,1-10H3/t32?,35?,36?,37?,38?,39?,40?,41-,42-,45-,46-,47-,48-,49+,50+/m1/s1. The Kier molecular flexibility index (Phi) is 8.55. The third-order valence-electron chi connectivity index (χ3n) is 19.1. The van der Waals surface area contributed by atoms with Gasteiger partial charge >= 0.3 is 23.9 Å². The first-order valence-electron chi connectivity index (χ1n) is 23.6. The summed E-state index contributed by atoms with van der Waals surface area (Å²) in [5.41, 5.74) is -1.46. The smallest absolute Gasteiger partial charge is 0.344 e. The Hall–Kier alpha value is -5.06. The summed E-state index contributed by atoms with van der Waals surface area (Å²) in [7, 11) is 10.0. The highest BCUT2D eigenvalue weighted by atomic mass is 16.6. The van der Waals surface area contributed by atoms with Gasteiger partial charge in [-0.25, -0.2) is 9.59 Å². The molecule has 2 aromatic rings. The molecule has 8 heterocycles. The van der Waals surface area contributed by atoms with Crippen molar-refractivity contribution < 1.29 is 57.1 Å². The molecule has 8 aliphatic heterocycles. The van der Waals surface area contributed by atoms with Crippen LogP contribution in [0.25, 0.3) is 0 Å². The van der Waals surface area contributed by atoms with E-state index in [4.69, 9.17) is 37.9 Å². The molecule has 352 valence electrons. The Labute approximate surface area is 384 Å². The first-order valence-corrected chi connectivity index (χ1v) is 23.6. The molecular formula is C50H60N4O12. The van der Waals surface area contributed by atoms with Crippen LogP contribution in [0, 0.1) is 10.8 Å². The van der Waals surface area contributed by atoms with Gasteiger partial charge in [0.1, 0.15) is 11.5 Å². The number of ether oxygens (including phenoxy) is 8. The number of hydrogen-bond donors (Lipinski definition) is 0. The number of anilines is 2. The first-order chi connectivity index (χ1) is 31.6. The number of fused-ring (bicyclic) bond motifs is 6. The zero-order chi connectivity index (χ0) is 46.4. The van der Waals surface area contributed by atoms with Gasteiger partial charge in [-0.05, 0) is 60.9 Å². The highest BCUT2D eigenvalue weighted by Crippen LogP contribution is 2.77. The van der Waals surface area contributed by atoms with Gasteiger partial charge in [0.05, 0.1) is 69.6 Å². The van der Waals surface area contributed by atoms with Crippen LogP contribution in [-0.4, -0.2) is 155 Å². The van der Waals surface area contributed by atoms with Crippen molar-refractivity contribution in [2.24, 2.45) is 10.8 Å². The van der Waals surface area contributed by atoms with Crippen LogP contribution in [0.15, 0.2) is 48.2 Å². The summed E-state index contributed by atoms with van der Waals surface area (Å²) >= 11 is 0. The average Bonchev–Trinajstić information content (AvgIpc) is 4.13. The summed E-state index contributed by atoms with van der Waals surface area (Å²) < 4.78 is 51.5. The number of nitrogens with zero attached hydrogens (tertiary/aromatic N) is 4. The van der Waals surface area contributed by atoms with Gasteiger partial charge in [0.2, 0.25) is 11.2 Å². The third-order valence-corrected chi connectivity index (χ3v) is 19.1. The maximum Gasteiger partial charge on any atom is 0.344 e. The first kappa shape index (κ1) is 42.3. The Morgan fingerprint density at radius 3 is 1.71 bits per heavy atom. The minimum Gasteiger partial charge on any atom is -0.497 e. The summed E-state index contributed by atoms with van der Waals surface area (Å²) in [5, 5.41) is 0. The molecule has 0 N–H and O–H groups in total. The summed E-state index contributed by atoms with van der Waals surface area (Å²) in [6.45, 7) is 8.38. The molecule has 0 radical (unpaired) electrons. The van der Waals surface area contributed by atoms with Gasteiger partial charge in [-0.1, -0.05) is 26.0 Å². The number of rotatable bonds is 9. The Bertz CT molecular complexity index is 2550. The maximum atomic E-state index is 15.2. The Balaban J connectivity index is 1.10. The predicted molar refractivity (Wildman–Crippen MR) is 236 cm³/mol. The maximum absolute atomic E-state index is 15.2. The molecule has 0 aromatic heterocycles. The van der Waals surface area contributed by atoms with Crippen molar-refractivity contribution in [1.29, 1.82) is 0 Å². The molecule has 15 atom stereocenters. The number of likely N-dealkylation sites (N-methyl/N-ethyl adjacent to an activating group) is 2. The van der Waals surface area contributed by atoms with Crippen LogP contribution in [0.3, 0.4) is 0 Å². The minimum absolute atomic E-state index is 0.233. The monoisotopic (exact) mass is 908 g/mol. The number of carbonyl (C=O) groups is 4. The van der Waals surface area contributed by atoms with Gasteiger partial charge in [0.15, 0.2) is 12.2 Å². The van der Waals surface area contributed by atoms with Gasteiger partial charge < -0.3 is 52.6 Å². The van der Waals surface area contributed by atoms with Crippen molar-refractivity contribution >= 4 is 35.3 Å². The van der Waals surface area contributed by atoms with E-state index in [0.717, 1.165) is 28.1 Å². The number of hydrogen-bond acceptors (Lipinski definition) is 16. The SMILES string of the molecule is CC[C@@]12C3O[C@@](C(=O)OC)(C4N(C)c5cc(OC)ccc5[C@@]45CCN(C=C3C3CC4O[C@@]6(C(=O)OC)C7N(C)c8cc(OC)ccc8[C@@]78CCN3C8[C@]4(CC)[C@H]6OC(C)=O)C51)[C@@H]2OC(C)=O. The largest absolute Gasteiger partial charge is 0.497 e. The Morgan fingerprint density at radius 2 is 1.20 bits per heavy atom. The molecule has 10 aliphatic rings. The van der Waals surface area contributed by atoms with Gasteiger partial charge in [0, 0.05) is 93.7 Å². The van der Waals surface area contributed by atoms with E-state index in [1.54, 1.807) is 14.2 Å². The van der Waals surface area contributed by atoms with E-state index in [2.05, 4.69) is 51.8 Å². The van der Waals surface area contributed by atoms with E-state index < -0.39 is 93.2 Å². The second kappa shape index (κ2) is 13.3. The molecule has 2 spiro atoms. The highest BCUT2D eigenvalue weighted by molar-refractivity contribution is 5.90. The van der Waals surface area contributed by atoms with Crippen LogP contribution >= 0.6 is 0 Å². The molecule has 12 rings (SSSR count). The van der Waals surface area contributed by atoms with Crippen LogP contribution in [0.1, 0.15) is 70.9 Å². The van der Waals surface area contributed by atoms with Gasteiger partial charge in [-0.15, -0.1) is 0 Å². The molecule has 7 unspecified atom stereocenters. The number of methoxy groups -OCH3 is 4. The topological polar surface area (TPSA) is 155 Å². The lowest BCUT2D eigenvalue weighted by atomic mass is 9.46. The zero-order valence-corrected chi connectivity index (χ0v) is 39.4. The van der Waals surface area contributed by atoms with Crippen LogP contribution in [-0.2, 0) is 58.4 Å². The fraction of sp³-hybridized carbons (Fsp3) is 0.640. The summed E-state index contributed by atoms with van der Waals surface area (Å²) in [4.78, 5) is 66.5. The fourth-order valence-electron chi connectivity index (χ4n) is 17.7. The van der Waals surface area contributed by atoms with Crippen molar-refractivity contribution in [2.45, 2.75) is 136 Å². The molecule has 2 saturated carbocycles. The van der Waals surface area contributed by atoms with E-state index in [1.165, 1.54) is 28.1 Å². The Morgan fingerprint density at radius 1 is 0.682 bits per heavy atom. The molecular weight excluding hydrogens is 849 g/mol. The lowest BCUT2D eigenvalue weighted by molar-refractivity contribution is -0.200. The van der Waals surface area contributed by atoms with Crippen molar-refractivity contribution in [2.75, 3.05) is 65.4 Å². The molecule has 2 aromatic carbocycles. The molecule has 2 aliphatic carbocycles. The van der Waals surface area contributed by atoms with E-state index in [9.17, 15) is 14.4 Å².